The minimum absolute atomic E-state index is 0.261. The first kappa shape index (κ1) is 15.5. The van der Waals surface area contributed by atoms with E-state index in [2.05, 4.69) is 4.98 Å². The molecule has 116 valence electrons. The number of esters is 1. The second-order valence-electron chi connectivity index (χ2n) is 5.00. The van der Waals surface area contributed by atoms with E-state index in [0.29, 0.717) is 18.6 Å². The van der Waals surface area contributed by atoms with Crippen LogP contribution in [-0.2, 0) is 20.9 Å². The third-order valence-corrected chi connectivity index (χ3v) is 3.39. The van der Waals surface area contributed by atoms with Crippen LogP contribution >= 0.6 is 0 Å². The third kappa shape index (κ3) is 3.40. The maximum absolute atomic E-state index is 11.8. The number of hydrogen-bond donors (Lipinski definition) is 1. The molecule has 0 aliphatic carbocycles. The normalized spacial score (nSPS) is 22.4. The van der Waals surface area contributed by atoms with Crippen molar-refractivity contribution in [2.45, 2.75) is 39.0 Å². The molecule has 0 unspecified atom stereocenters. The number of hydrogen-bond acceptors (Lipinski definition) is 6. The smallest absolute Gasteiger partial charge is 0.328 e. The molecule has 1 aliphatic heterocycles. The van der Waals surface area contributed by atoms with Crippen LogP contribution in [0.25, 0.3) is 0 Å². The lowest BCUT2D eigenvalue weighted by Gasteiger charge is -2.15. The topological polar surface area (TPSA) is 93.6 Å². The lowest BCUT2D eigenvalue weighted by molar-refractivity contribution is -0.172. The molecule has 8 nitrogen and oxygen atoms in total. The standard InChI is InChI=1S/C13H19N3O5/c1-4-20-12(18)10-5-9(21-15(10)3)7-16-6-8(2)11(17)14-13(16)19/h6,9-10H,4-5,7H2,1-3H3,(H,14,17,19)/t9-,10+/m0/s1. The number of aromatic amines is 1. The molecule has 1 N–H and O–H groups in total. The summed E-state index contributed by atoms with van der Waals surface area (Å²) in [6.07, 6.45) is 1.59. The molecule has 0 saturated carbocycles. The first-order valence-corrected chi connectivity index (χ1v) is 6.79. The predicted molar refractivity (Wildman–Crippen MR) is 73.7 cm³/mol. The average Bonchev–Trinajstić information content (AvgIpc) is 2.77. The second kappa shape index (κ2) is 6.23. The Labute approximate surface area is 121 Å². The van der Waals surface area contributed by atoms with Gasteiger partial charge in [0.15, 0.2) is 0 Å². The van der Waals surface area contributed by atoms with Crippen molar-refractivity contribution in [2.75, 3.05) is 13.7 Å². The highest BCUT2D eigenvalue weighted by molar-refractivity contribution is 5.75. The minimum atomic E-state index is -0.489. The van der Waals surface area contributed by atoms with Crippen molar-refractivity contribution in [1.82, 2.24) is 14.6 Å². The number of likely N-dealkylation sites (N-methyl/N-ethyl adjacent to an activating group) is 1. The molecule has 0 amide bonds. The molecular formula is C13H19N3O5. The van der Waals surface area contributed by atoms with Gasteiger partial charge in [0, 0.05) is 25.2 Å². The molecule has 1 aliphatic rings. The third-order valence-electron chi connectivity index (χ3n) is 3.39. The fraction of sp³-hybridized carbons (Fsp3) is 0.615. The van der Waals surface area contributed by atoms with E-state index in [1.807, 2.05) is 0 Å². The second-order valence-corrected chi connectivity index (χ2v) is 5.00. The highest BCUT2D eigenvalue weighted by atomic mass is 16.7. The number of carbonyl (C=O) groups is 1. The molecule has 1 fully saturated rings. The number of nitrogens with one attached hydrogen (secondary N) is 1. The number of rotatable bonds is 4. The molecule has 0 radical (unpaired) electrons. The van der Waals surface area contributed by atoms with E-state index in [9.17, 15) is 14.4 Å². The van der Waals surface area contributed by atoms with Gasteiger partial charge in [-0.2, -0.15) is 5.06 Å². The van der Waals surface area contributed by atoms with E-state index in [1.54, 1.807) is 20.9 Å². The first-order chi connectivity index (χ1) is 9.92. The van der Waals surface area contributed by atoms with Crippen molar-refractivity contribution in [3.05, 3.63) is 32.6 Å². The molecule has 2 rings (SSSR count). The molecular weight excluding hydrogens is 278 g/mol. The summed E-state index contributed by atoms with van der Waals surface area (Å²) in [7, 11) is 1.66. The molecule has 1 aromatic rings. The summed E-state index contributed by atoms with van der Waals surface area (Å²) in [6, 6.07) is -0.477. The number of aromatic nitrogens is 2. The fourth-order valence-corrected chi connectivity index (χ4v) is 2.31. The zero-order valence-electron chi connectivity index (χ0n) is 12.3. The lowest BCUT2D eigenvalue weighted by atomic mass is 10.1. The maximum atomic E-state index is 11.8. The van der Waals surface area contributed by atoms with Gasteiger partial charge in [0.25, 0.3) is 5.56 Å². The molecule has 0 aromatic carbocycles. The van der Waals surface area contributed by atoms with Crippen LogP contribution in [0.4, 0.5) is 0 Å². The van der Waals surface area contributed by atoms with E-state index >= 15 is 0 Å². The van der Waals surface area contributed by atoms with Crippen molar-refractivity contribution in [2.24, 2.45) is 0 Å². The zero-order valence-corrected chi connectivity index (χ0v) is 12.3. The Hall–Kier alpha value is -1.93. The number of hydroxylamine groups is 2. The van der Waals surface area contributed by atoms with Crippen molar-refractivity contribution in [1.29, 1.82) is 0 Å². The molecule has 21 heavy (non-hydrogen) atoms. The van der Waals surface area contributed by atoms with Crippen LogP contribution in [0.5, 0.6) is 0 Å². The number of aryl methyl sites for hydroxylation is 1. The number of nitrogens with zero attached hydrogens (tertiary/aromatic N) is 2. The summed E-state index contributed by atoms with van der Waals surface area (Å²) in [6.45, 7) is 3.94. The van der Waals surface area contributed by atoms with Gasteiger partial charge in [0.1, 0.15) is 6.04 Å². The van der Waals surface area contributed by atoms with Crippen LogP contribution in [-0.4, -0.2) is 46.4 Å². The van der Waals surface area contributed by atoms with Gasteiger partial charge >= 0.3 is 11.7 Å². The van der Waals surface area contributed by atoms with Gasteiger partial charge in [-0.1, -0.05) is 0 Å². The molecule has 2 atom stereocenters. The van der Waals surface area contributed by atoms with Crippen LogP contribution < -0.4 is 11.2 Å². The summed E-state index contributed by atoms with van der Waals surface area (Å²) in [5, 5.41) is 1.45. The van der Waals surface area contributed by atoms with Gasteiger partial charge in [0.2, 0.25) is 0 Å². The van der Waals surface area contributed by atoms with Crippen LogP contribution in [0.1, 0.15) is 18.9 Å². The molecule has 1 saturated heterocycles. The van der Waals surface area contributed by atoms with Crippen molar-refractivity contribution < 1.29 is 14.4 Å². The Balaban J connectivity index is 2.09. The summed E-state index contributed by atoms with van der Waals surface area (Å²) >= 11 is 0. The molecule has 0 spiro atoms. The summed E-state index contributed by atoms with van der Waals surface area (Å²) in [5.41, 5.74) is -0.440. The van der Waals surface area contributed by atoms with Crippen molar-refractivity contribution in [3.63, 3.8) is 0 Å². The Morgan fingerprint density at radius 3 is 2.90 bits per heavy atom. The van der Waals surface area contributed by atoms with Gasteiger partial charge in [-0.15, -0.1) is 0 Å². The summed E-state index contributed by atoms with van der Waals surface area (Å²) < 4.78 is 6.35. The van der Waals surface area contributed by atoms with Crippen LogP contribution in [0.2, 0.25) is 0 Å². The lowest BCUT2D eigenvalue weighted by Crippen LogP contribution is -2.34. The molecule has 1 aromatic heterocycles. The zero-order chi connectivity index (χ0) is 15.6. The van der Waals surface area contributed by atoms with Gasteiger partial charge < -0.3 is 4.74 Å². The number of carbonyl (C=O) groups excluding carboxylic acids is 1. The van der Waals surface area contributed by atoms with E-state index in [1.165, 1.54) is 15.8 Å². The highest BCUT2D eigenvalue weighted by Crippen LogP contribution is 2.21. The largest absolute Gasteiger partial charge is 0.465 e. The van der Waals surface area contributed by atoms with E-state index in [-0.39, 0.29) is 18.6 Å². The van der Waals surface area contributed by atoms with Crippen LogP contribution in [0.15, 0.2) is 15.8 Å². The predicted octanol–water partition coefficient (Wildman–Crippen LogP) is -0.588. The molecule has 0 bridgehead atoms. The highest BCUT2D eigenvalue weighted by Gasteiger charge is 2.37. The molecule has 8 heteroatoms. The summed E-state index contributed by atoms with van der Waals surface area (Å²) in [4.78, 5) is 42.6. The Kier molecular flexibility index (Phi) is 4.59. The maximum Gasteiger partial charge on any atom is 0.328 e. The first-order valence-electron chi connectivity index (χ1n) is 6.79. The Bertz CT molecular complexity index is 635. The molecule has 2 heterocycles. The average molecular weight is 297 g/mol. The Morgan fingerprint density at radius 2 is 2.24 bits per heavy atom. The Morgan fingerprint density at radius 1 is 1.52 bits per heavy atom. The van der Waals surface area contributed by atoms with Crippen LogP contribution in [0, 0.1) is 6.92 Å². The SMILES string of the molecule is CCOC(=O)[C@H]1C[C@@H](Cn2cc(C)c(=O)[nH]c2=O)ON1C. The van der Waals surface area contributed by atoms with Gasteiger partial charge in [-0.25, -0.2) is 4.79 Å². The monoisotopic (exact) mass is 297 g/mol. The van der Waals surface area contributed by atoms with Gasteiger partial charge in [-0.05, 0) is 13.8 Å². The van der Waals surface area contributed by atoms with E-state index in [0.717, 1.165) is 0 Å². The number of H-pyrrole nitrogens is 1. The van der Waals surface area contributed by atoms with Gasteiger partial charge in [-0.3, -0.25) is 24.0 Å². The van der Waals surface area contributed by atoms with E-state index < -0.39 is 17.3 Å². The van der Waals surface area contributed by atoms with Crippen LogP contribution in [0.3, 0.4) is 0 Å². The van der Waals surface area contributed by atoms with Crippen molar-refractivity contribution >= 4 is 5.97 Å². The number of ether oxygens (including phenoxy) is 1. The quantitative estimate of drug-likeness (QED) is 0.747. The van der Waals surface area contributed by atoms with E-state index in [4.69, 9.17) is 9.57 Å². The fourth-order valence-electron chi connectivity index (χ4n) is 2.31. The minimum Gasteiger partial charge on any atom is -0.465 e. The van der Waals surface area contributed by atoms with Gasteiger partial charge in [0.05, 0.1) is 19.3 Å². The summed E-state index contributed by atoms with van der Waals surface area (Å²) in [5.74, 6) is -0.340. The van der Waals surface area contributed by atoms with Crippen molar-refractivity contribution in [3.8, 4) is 0 Å².